The Morgan fingerprint density at radius 1 is 1.00 bits per heavy atom. The Hall–Kier alpha value is -1.02. The molecule has 0 aromatic heterocycles. The molecule has 21 heavy (non-hydrogen) atoms. The maximum atomic E-state index is 5.75. The minimum Gasteiger partial charge on any atom is -0.494 e. The second-order valence-electron chi connectivity index (χ2n) is 5.97. The van der Waals surface area contributed by atoms with Crippen molar-refractivity contribution >= 4 is 0 Å². The fourth-order valence-electron chi connectivity index (χ4n) is 2.68. The molecule has 0 radical (unpaired) electrons. The Labute approximate surface area is 131 Å². The zero-order valence-corrected chi connectivity index (χ0v) is 14.3. The monoisotopic (exact) mass is 291 g/mol. The summed E-state index contributed by atoms with van der Waals surface area (Å²) in [6.45, 7) is 10.9. The van der Waals surface area contributed by atoms with Gasteiger partial charge in [0.25, 0.3) is 0 Å². The Balaban J connectivity index is 2.68. The number of ether oxygens (including phenoxy) is 1. The predicted octanol–water partition coefficient (Wildman–Crippen LogP) is 5.34. The molecular formula is C19H33NO. The largest absolute Gasteiger partial charge is 0.494 e. The molecule has 2 unspecified atom stereocenters. The van der Waals surface area contributed by atoms with Crippen molar-refractivity contribution in [3.8, 4) is 5.75 Å². The Morgan fingerprint density at radius 2 is 1.71 bits per heavy atom. The average Bonchev–Trinajstić information content (AvgIpc) is 2.49. The molecule has 2 atom stereocenters. The number of benzene rings is 1. The van der Waals surface area contributed by atoms with E-state index in [-0.39, 0.29) is 0 Å². The molecule has 2 nitrogen and oxygen atoms in total. The van der Waals surface area contributed by atoms with Crippen LogP contribution in [0.25, 0.3) is 0 Å². The van der Waals surface area contributed by atoms with Crippen molar-refractivity contribution in [1.82, 2.24) is 5.32 Å². The lowest BCUT2D eigenvalue weighted by atomic mass is 9.91. The molecule has 0 aliphatic carbocycles. The summed E-state index contributed by atoms with van der Waals surface area (Å²) >= 11 is 0. The van der Waals surface area contributed by atoms with Crippen LogP contribution < -0.4 is 10.1 Å². The average molecular weight is 291 g/mol. The van der Waals surface area contributed by atoms with Gasteiger partial charge in [0.1, 0.15) is 5.75 Å². The minimum atomic E-state index is 0.453. The van der Waals surface area contributed by atoms with Gasteiger partial charge in [-0.3, -0.25) is 0 Å². The lowest BCUT2D eigenvalue weighted by molar-refractivity contribution is 0.308. The van der Waals surface area contributed by atoms with Crippen molar-refractivity contribution in [3.05, 3.63) is 29.8 Å². The van der Waals surface area contributed by atoms with Crippen molar-refractivity contribution in [2.24, 2.45) is 5.92 Å². The second-order valence-corrected chi connectivity index (χ2v) is 5.97. The molecule has 0 bridgehead atoms. The van der Waals surface area contributed by atoms with Crippen LogP contribution in [0.2, 0.25) is 0 Å². The van der Waals surface area contributed by atoms with Gasteiger partial charge in [-0.25, -0.2) is 0 Å². The van der Waals surface area contributed by atoms with E-state index in [9.17, 15) is 0 Å². The normalized spacial score (nSPS) is 13.9. The van der Waals surface area contributed by atoms with E-state index in [1.807, 2.05) is 0 Å². The van der Waals surface area contributed by atoms with E-state index in [2.05, 4.69) is 57.3 Å². The molecule has 0 spiro atoms. The summed E-state index contributed by atoms with van der Waals surface area (Å²) in [5.74, 6) is 1.65. The van der Waals surface area contributed by atoms with Gasteiger partial charge in [-0.1, -0.05) is 52.7 Å². The molecule has 1 aromatic carbocycles. The first kappa shape index (κ1) is 18.0. The quantitative estimate of drug-likeness (QED) is 0.555. The first-order chi connectivity index (χ1) is 10.2. The van der Waals surface area contributed by atoms with Crippen LogP contribution in [0.1, 0.15) is 71.4 Å². The molecule has 1 N–H and O–H groups in total. The topological polar surface area (TPSA) is 21.3 Å². The molecule has 0 aliphatic rings. The molecule has 0 fully saturated rings. The fourth-order valence-corrected chi connectivity index (χ4v) is 2.68. The highest BCUT2D eigenvalue weighted by Gasteiger charge is 2.17. The van der Waals surface area contributed by atoms with Crippen LogP contribution in [0.5, 0.6) is 5.75 Å². The van der Waals surface area contributed by atoms with Crippen molar-refractivity contribution in [2.45, 2.75) is 65.8 Å². The van der Waals surface area contributed by atoms with Gasteiger partial charge in [0.05, 0.1) is 6.61 Å². The van der Waals surface area contributed by atoms with Gasteiger partial charge < -0.3 is 10.1 Å². The summed E-state index contributed by atoms with van der Waals surface area (Å²) in [6, 6.07) is 9.13. The Kier molecular flexibility index (Phi) is 9.16. The highest BCUT2D eigenvalue weighted by atomic mass is 16.5. The van der Waals surface area contributed by atoms with Gasteiger partial charge in [-0.05, 0) is 49.4 Å². The van der Waals surface area contributed by atoms with E-state index < -0.39 is 0 Å². The molecule has 1 aromatic rings. The summed E-state index contributed by atoms with van der Waals surface area (Å²) in [5, 5.41) is 3.70. The van der Waals surface area contributed by atoms with Crippen LogP contribution in [-0.4, -0.2) is 13.2 Å². The lowest BCUT2D eigenvalue weighted by Crippen LogP contribution is -2.27. The van der Waals surface area contributed by atoms with E-state index in [0.29, 0.717) is 12.0 Å². The third-order valence-corrected chi connectivity index (χ3v) is 3.93. The van der Waals surface area contributed by atoms with Crippen LogP contribution >= 0.6 is 0 Å². The van der Waals surface area contributed by atoms with Gasteiger partial charge >= 0.3 is 0 Å². The van der Waals surface area contributed by atoms with Crippen molar-refractivity contribution in [1.29, 1.82) is 0 Å². The van der Waals surface area contributed by atoms with Crippen LogP contribution in [0, 0.1) is 5.92 Å². The van der Waals surface area contributed by atoms with E-state index in [1.165, 1.54) is 31.2 Å². The standard InChI is InChI=1S/C19H33NO/c1-5-8-15-21-18-12-10-17(11-13-18)19(20-14-7-3)16(4)9-6-2/h10-13,16,19-20H,5-9,14-15H2,1-4H3. The smallest absolute Gasteiger partial charge is 0.119 e. The SMILES string of the molecule is CCCCOc1ccc(C(NCCC)C(C)CCC)cc1. The van der Waals surface area contributed by atoms with E-state index in [0.717, 1.165) is 25.3 Å². The lowest BCUT2D eigenvalue weighted by Gasteiger charge is -2.25. The molecule has 0 heterocycles. The highest BCUT2D eigenvalue weighted by molar-refractivity contribution is 5.29. The second kappa shape index (κ2) is 10.7. The van der Waals surface area contributed by atoms with Gasteiger partial charge in [-0.15, -0.1) is 0 Å². The van der Waals surface area contributed by atoms with Crippen LogP contribution in [0.4, 0.5) is 0 Å². The van der Waals surface area contributed by atoms with Crippen molar-refractivity contribution in [2.75, 3.05) is 13.2 Å². The molecule has 120 valence electrons. The van der Waals surface area contributed by atoms with Gasteiger partial charge in [-0.2, -0.15) is 0 Å². The zero-order valence-electron chi connectivity index (χ0n) is 14.3. The third-order valence-electron chi connectivity index (χ3n) is 3.93. The molecule has 2 heteroatoms. The molecule has 0 saturated carbocycles. The third kappa shape index (κ3) is 6.52. The van der Waals surface area contributed by atoms with Crippen LogP contribution in [0.3, 0.4) is 0 Å². The first-order valence-corrected chi connectivity index (χ1v) is 8.69. The van der Waals surface area contributed by atoms with Crippen LogP contribution in [0.15, 0.2) is 24.3 Å². The maximum Gasteiger partial charge on any atom is 0.119 e. The number of hydrogen-bond donors (Lipinski definition) is 1. The predicted molar refractivity (Wildman–Crippen MR) is 92.0 cm³/mol. The molecular weight excluding hydrogens is 258 g/mol. The number of nitrogens with one attached hydrogen (secondary N) is 1. The van der Waals surface area contributed by atoms with E-state index >= 15 is 0 Å². The van der Waals surface area contributed by atoms with Crippen molar-refractivity contribution < 1.29 is 4.74 Å². The fraction of sp³-hybridized carbons (Fsp3) is 0.684. The summed E-state index contributed by atoms with van der Waals surface area (Å²) in [4.78, 5) is 0. The number of hydrogen-bond acceptors (Lipinski definition) is 2. The summed E-state index contributed by atoms with van der Waals surface area (Å²) in [7, 11) is 0. The summed E-state index contributed by atoms with van der Waals surface area (Å²) in [6.07, 6.45) is 5.97. The summed E-state index contributed by atoms with van der Waals surface area (Å²) < 4.78 is 5.75. The minimum absolute atomic E-state index is 0.453. The van der Waals surface area contributed by atoms with Crippen molar-refractivity contribution in [3.63, 3.8) is 0 Å². The molecule has 0 aliphatic heterocycles. The highest BCUT2D eigenvalue weighted by Crippen LogP contribution is 2.27. The maximum absolute atomic E-state index is 5.75. The summed E-state index contributed by atoms with van der Waals surface area (Å²) in [5.41, 5.74) is 1.38. The van der Waals surface area contributed by atoms with Crippen LogP contribution in [-0.2, 0) is 0 Å². The van der Waals surface area contributed by atoms with E-state index in [1.54, 1.807) is 0 Å². The first-order valence-electron chi connectivity index (χ1n) is 8.69. The molecule has 0 saturated heterocycles. The van der Waals surface area contributed by atoms with E-state index in [4.69, 9.17) is 4.74 Å². The van der Waals surface area contributed by atoms with Gasteiger partial charge in [0.15, 0.2) is 0 Å². The number of rotatable bonds is 11. The number of unbranched alkanes of at least 4 members (excludes halogenated alkanes) is 1. The van der Waals surface area contributed by atoms with Gasteiger partial charge in [0, 0.05) is 6.04 Å². The Bertz CT molecular complexity index is 360. The molecule has 1 rings (SSSR count). The zero-order chi connectivity index (χ0) is 15.5. The Morgan fingerprint density at radius 3 is 2.29 bits per heavy atom. The van der Waals surface area contributed by atoms with Gasteiger partial charge in [0.2, 0.25) is 0 Å². The molecule has 0 amide bonds.